The van der Waals surface area contributed by atoms with Gasteiger partial charge in [0.15, 0.2) is 0 Å². The number of hydrogen-bond donors (Lipinski definition) is 1. The molecule has 1 heterocycles. The van der Waals surface area contributed by atoms with E-state index in [1.54, 1.807) is 6.92 Å². The van der Waals surface area contributed by atoms with Gasteiger partial charge in [0, 0.05) is 31.7 Å². The monoisotopic (exact) mass is 290 g/mol. The average molecular weight is 290 g/mol. The number of anilines is 1. The first-order valence-electron chi connectivity index (χ1n) is 7.22. The second kappa shape index (κ2) is 6.61. The SMILES string of the molecule is COC(=O)c1cc(C)ccc1NC1CCN(C(C)=O)CC1. The number of aryl methyl sites for hydroxylation is 1. The van der Waals surface area contributed by atoms with Crippen LogP contribution in [0.2, 0.25) is 0 Å². The summed E-state index contributed by atoms with van der Waals surface area (Å²) < 4.78 is 4.84. The molecule has 0 bridgehead atoms. The van der Waals surface area contributed by atoms with Gasteiger partial charge >= 0.3 is 5.97 Å². The van der Waals surface area contributed by atoms with Crippen LogP contribution >= 0.6 is 0 Å². The van der Waals surface area contributed by atoms with Crippen molar-refractivity contribution in [1.82, 2.24) is 4.90 Å². The number of nitrogens with zero attached hydrogens (tertiary/aromatic N) is 1. The summed E-state index contributed by atoms with van der Waals surface area (Å²) in [5, 5.41) is 3.41. The number of piperidine rings is 1. The van der Waals surface area contributed by atoms with Crippen molar-refractivity contribution in [3.8, 4) is 0 Å². The average Bonchev–Trinajstić information content (AvgIpc) is 2.48. The number of esters is 1. The van der Waals surface area contributed by atoms with Crippen molar-refractivity contribution in [3.63, 3.8) is 0 Å². The number of methoxy groups -OCH3 is 1. The minimum absolute atomic E-state index is 0.124. The number of nitrogens with one attached hydrogen (secondary N) is 1. The number of benzene rings is 1. The standard InChI is InChI=1S/C16H22N2O3/c1-11-4-5-15(14(10-11)16(20)21-3)17-13-6-8-18(9-7-13)12(2)19/h4-5,10,13,17H,6-9H2,1-3H3. The maximum Gasteiger partial charge on any atom is 0.339 e. The van der Waals surface area contributed by atoms with Crippen LogP contribution in [0.15, 0.2) is 18.2 Å². The topological polar surface area (TPSA) is 58.6 Å². The molecule has 0 aliphatic carbocycles. The Kier molecular flexibility index (Phi) is 4.83. The maximum atomic E-state index is 11.9. The van der Waals surface area contributed by atoms with Crippen LogP contribution < -0.4 is 5.32 Å². The Morgan fingerprint density at radius 2 is 1.95 bits per heavy atom. The van der Waals surface area contributed by atoms with Gasteiger partial charge in [-0.15, -0.1) is 0 Å². The molecular formula is C16H22N2O3. The second-order valence-electron chi connectivity index (χ2n) is 5.47. The molecule has 1 aliphatic rings. The summed E-state index contributed by atoms with van der Waals surface area (Å²) in [5.41, 5.74) is 2.38. The summed E-state index contributed by atoms with van der Waals surface area (Å²) in [6.07, 6.45) is 1.77. The van der Waals surface area contributed by atoms with E-state index in [2.05, 4.69) is 5.32 Å². The normalized spacial score (nSPS) is 15.7. The van der Waals surface area contributed by atoms with Crippen LogP contribution in [0, 0.1) is 6.92 Å². The molecule has 21 heavy (non-hydrogen) atoms. The number of likely N-dealkylation sites (tertiary alicyclic amines) is 1. The fourth-order valence-electron chi connectivity index (χ4n) is 2.62. The summed E-state index contributed by atoms with van der Waals surface area (Å²) in [7, 11) is 1.39. The molecule has 5 heteroatoms. The summed E-state index contributed by atoms with van der Waals surface area (Å²) in [4.78, 5) is 25.0. The first-order chi connectivity index (χ1) is 10.0. The molecule has 0 atom stereocenters. The van der Waals surface area contributed by atoms with E-state index in [1.165, 1.54) is 7.11 Å². The van der Waals surface area contributed by atoms with Crippen molar-refractivity contribution in [2.75, 3.05) is 25.5 Å². The fourth-order valence-corrected chi connectivity index (χ4v) is 2.62. The quantitative estimate of drug-likeness (QED) is 0.867. The molecule has 0 unspecified atom stereocenters. The van der Waals surface area contributed by atoms with E-state index in [1.807, 2.05) is 30.0 Å². The Bertz CT molecular complexity index is 534. The van der Waals surface area contributed by atoms with Gasteiger partial charge in [-0.2, -0.15) is 0 Å². The lowest BCUT2D eigenvalue weighted by molar-refractivity contribution is -0.129. The Hall–Kier alpha value is -2.04. The van der Waals surface area contributed by atoms with Crippen LogP contribution in [0.3, 0.4) is 0 Å². The van der Waals surface area contributed by atoms with Crippen LogP contribution in [0.1, 0.15) is 35.7 Å². The Balaban J connectivity index is 2.07. The Morgan fingerprint density at radius 1 is 1.29 bits per heavy atom. The number of carbonyl (C=O) groups is 2. The molecule has 1 amide bonds. The summed E-state index contributed by atoms with van der Waals surface area (Å²) in [6, 6.07) is 5.99. The number of amides is 1. The largest absolute Gasteiger partial charge is 0.465 e. The zero-order chi connectivity index (χ0) is 15.4. The summed E-state index contributed by atoms with van der Waals surface area (Å²) in [5.74, 6) is -0.207. The number of hydrogen-bond acceptors (Lipinski definition) is 4. The van der Waals surface area contributed by atoms with Gasteiger partial charge in [0.25, 0.3) is 0 Å². The lowest BCUT2D eigenvalue weighted by atomic mass is 10.0. The summed E-state index contributed by atoms with van der Waals surface area (Å²) >= 11 is 0. The van der Waals surface area contributed by atoms with Gasteiger partial charge in [0.2, 0.25) is 5.91 Å². The molecule has 1 saturated heterocycles. The third kappa shape index (κ3) is 3.74. The van der Waals surface area contributed by atoms with Crippen molar-refractivity contribution in [2.45, 2.75) is 32.7 Å². The first kappa shape index (κ1) is 15.4. The maximum absolute atomic E-state index is 11.9. The Morgan fingerprint density at radius 3 is 2.52 bits per heavy atom. The van der Waals surface area contributed by atoms with Gasteiger partial charge in [0.1, 0.15) is 0 Å². The third-order valence-corrected chi connectivity index (χ3v) is 3.88. The van der Waals surface area contributed by atoms with E-state index in [4.69, 9.17) is 4.74 Å². The highest BCUT2D eigenvalue weighted by molar-refractivity contribution is 5.95. The number of carbonyl (C=O) groups excluding carboxylic acids is 2. The van der Waals surface area contributed by atoms with Crippen LogP contribution in [-0.2, 0) is 9.53 Å². The lowest BCUT2D eigenvalue weighted by Crippen LogP contribution is -2.41. The van der Waals surface area contributed by atoms with Crippen molar-refractivity contribution in [1.29, 1.82) is 0 Å². The number of ether oxygens (including phenoxy) is 1. The highest BCUT2D eigenvalue weighted by Crippen LogP contribution is 2.22. The smallest absolute Gasteiger partial charge is 0.339 e. The number of rotatable bonds is 3. The highest BCUT2D eigenvalue weighted by atomic mass is 16.5. The molecule has 1 N–H and O–H groups in total. The molecular weight excluding hydrogens is 268 g/mol. The van der Waals surface area contributed by atoms with Crippen LogP contribution in [-0.4, -0.2) is 43.0 Å². The van der Waals surface area contributed by atoms with Gasteiger partial charge in [-0.3, -0.25) is 4.79 Å². The highest BCUT2D eigenvalue weighted by Gasteiger charge is 2.22. The molecule has 2 rings (SSSR count). The van der Waals surface area contributed by atoms with Crippen molar-refractivity contribution >= 4 is 17.6 Å². The van der Waals surface area contributed by atoms with E-state index < -0.39 is 0 Å². The first-order valence-corrected chi connectivity index (χ1v) is 7.22. The van der Waals surface area contributed by atoms with Gasteiger partial charge in [-0.25, -0.2) is 4.79 Å². The zero-order valence-electron chi connectivity index (χ0n) is 12.8. The van der Waals surface area contributed by atoms with E-state index in [0.29, 0.717) is 5.56 Å². The lowest BCUT2D eigenvalue weighted by Gasteiger charge is -2.32. The molecule has 1 aliphatic heterocycles. The Labute approximate surface area is 125 Å². The van der Waals surface area contributed by atoms with Crippen molar-refractivity contribution < 1.29 is 14.3 Å². The zero-order valence-corrected chi connectivity index (χ0v) is 12.8. The van der Waals surface area contributed by atoms with E-state index in [9.17, 15) is 9.59 Å². The predicted octanol–water partition coefficient (Wildman–Crippen LogP) is 2.20. The molecule has 114 valence electrons. The molecule has 5 nitrogen and oxygen atoms in total. The molecule has 1 fully saturated rings. The minimum Gasteiger partial charge on any atom is -0.465 e. The van der Waals surface area contributed by atoms with E-state index in [-0.39, 0.29) is 17.9 Å². The molecule has 0 aromatic heterocycles. The molecule has 1 aromatic rings. The molecule has 0 spiro atoms. The van der Waals surface area contributed by atoms with Gasteiger partial charge in [0.05, 0.1) is 12.7 Å². The molecule has 1 aromatic carbocycles. The van der Waals surface area contributed by atoms with Crippen molar-refractivity contribution in [2.24, 2.45) is 0 Å². The minimum atomic E-state index is -0.331. The van der Waals surface area contributed by atoms with E-state index >= 15 is 0 Å². The van der Waals surface area contributed by atoms with Crippen LogP contribution in [0.4, 0.5) is 5.69 Å². The van der Waals surface area contributed by atoms with Crippen LogP contribution in [0.5, 0.6) is 0 Å². The molecule has 0 radical (unpaired) electrons. The second-order valence-corrected chi connectivity index (χ2v) is 5.47. The van der Waals surface area contributed by atoms with Gasteiger partial charge in [-0.05, 0) is 31.9 Å². The van der Waals surface area contributed by atoms with Crippen molar-refractivity contribution in [3.05, 3.63) is 29.3 Å². The van der Waals surface area contributed by atoms with Gasteiger partial charge in [-0.1, -0.05) is 11.6 Å². The third-order valence-electron chi connectivity index (χ3n) is 3.88. The van der Waals surface area contributed by atoms with E-state index in [0.717, 1.165) is 37.2 Å². The molecule has 0 saturated carbocycles. The van der Waals surface area contributed by atoms with Crippen LogP contribution in [0.25, 0.3) is 0 Å². The predicted molar refractivity (Wildman–Crippen MR) is 81.4 cm³/mol. The summed E-state index contributed by atoms with van der Waals surface area (Å²) in [6.45, 7) is 5.06. The van der Waals surface area contributed by atoms with Gasteiger partial charge < -0.3 is 15.0 Å². The fraction of sp³-hybridized carbons (Fsp3) is 0.500.